The van der Waals surface area contributed by atoms with E-state index in [-0.39, 0.29) is 0 Å². The van der Waals surface area contributed by atoms with Gasteiger partial charge >= 0.3 is 0 Å². The van der Waals surface area contributed by atoms with Crippen LogP contribution in [0.15, 0.2) is 55.7 Å². The summed E-state index contributed by atoms with van der Waals surface area (Å²) in [5, 5.41) is 0. The first-order chi connectivity index (χ1) is 8.17. The topological polar surface area (TPSA) is 0 Å². The molecule has 0 amide bonds. The highest BCUT2D eigenvalue weighted by molar-refractivity contribution is 5.65. The minimum Gasteiger partial charge on any atom is -0.0991 e. The molecule has 0 N–H and O–H groups in total. The smallest absolute Gasteiger partial charge is 0.0201 e. The normalized spacial score (nSPS) is 9.12. The van der Waals surface area contributed by atoms with Crippen molar-refractivity contribution in [1.82, 2.24) is 0 Å². The average molecular weight is 230 g/mol. The summed E-state index contributed by atoms with van der Waals surface area (Å²) in [6, 6.07) is 8.45. The van der Waals surface area contributed by atoms with Crippen LogP contribution in [0.3, 0.4) is 0 Å². The van der Waals surface area contributed by atoms with Crippen LogP contribution in [-0.2, 0) is 0 Å². The van der Waals surface area contributed by atoms with Gasteiger partial charge in [0, 0.05) is 0 Å². The van der Waals surface area contributed by atoms with Crippen LogP contribution in [0.5, 0.6) is 0 Å². The van der Waals surface area contributed by atoms with Crippen LogP contribution in [-0.4, -0.2) is 0 Å². The fourth-order valence-electron chi connectivity index (χ4n) is 1.17. The molecule has 0 aliphatic rings. The van der Waals surface area contributed by atoms with Crippen LogP contribution in [0.1, 0.15) is 38.8 Å². The zero-order chi connectivity index (χ0) is 13.7. The van der Waals surface area contributed by atoms with Crippen molar-refractivity contribution in [2.24, 2.45) is 0 Å². The standard InChI is InChI=1S/C11H14.C4H6.C2H6/c1-4-9(2)11-8-6-5-7-10(11)3;1-3-4-2;1-2/h4-8H,1-3H3;3-4H,1-2H2;1-2H3/b9-4+;;. The van der Waals surface area contributed by atoms with Gasteiger partial charge in [-0.2, -0.15) is 0 Å². The van der Waals surface area contributed by atoms with Gasteiger partial charge in [0.1, 0.15) is 0 Å². The van der Waals surface area contributed by atoms with Crippen LogP contribution < -0.4 is 0 Å². The van der Waals surface area contributed by atoms with Gasteiger partial charge in [-0.05, 0) is 37.5 Å². The number of rotatable bonds is 2. The Balaban J connectivity index is 0. The van der Waals surface area contributed by atoms with Crippen LogP contribution in [0, 0.1) is 6.92 Å². The van der Waals surface area contributed by atoms with Gasteiger partial charge in [-0.3, -0.25) is 0 Å². The predicted molar refractivity (Wildman–Crippen MR) is 82.2 cm³/mol. The Bertz CT molecular complexity index is 337. The van der Waals surface area contributed by atoms with Crippen LogP contribution >= 0.6 is 0 Å². The second kappa shape index (κ2) is 12.5. The molecule has 0 aliphatic heterocycles. The first-order valence-electron chi connectivity index (χ1n) is 6.09. The minimum atomic E-state index is 1.35. The molecule has 0 unspecified atom stereocenters. The summed E-state index contributed by atoms with van der Waals surface area (Å²) in [7, 11) is 0. The zero-order valence-corrected chi connectivity index (χ0v) is 12.0. The van der Waals surface area contributed by atoms with Crippen molar-refractivity contribution < 1.29 is 0 Å². The second-order valence-corrected chi connectivity index (χ2v) is 3.26. The van der Waals surface area contributed by atoms with E-state index in [2.05, 4.69) is 64.3 Å². The highest BCUT2D eigenvalue weighted by atomic mass is 14.0. The summed E-state index contributed by atoms with van der Waals surface area (Å²) >= 11 is 0. The van der Waals surface area contributed by atoms with Gasteiger partial charge in [0.05, 0.1) is 0 Å². The Morgan fingerprint density at radius 1 is 1.06 bits per heavy atom. The minimum absolute atomic E-state index is 1.35. The maximum atomic E-state index is 3.36. The molecule has 0 bridgehead atoms. The molecule has 0 nitrogen and oxygen atoms in total. The fourth-order valence-corrected chi connectivity index (χ4v) is 1.17. The zero-order valence-electron chi connectivity index (χ0n) is 12.0. The van der Waals surface area contributed by atoms with E-state index in [1.165, 1.54) is 16.7 Å². The van der Waals surface area contributed by atoms with Crippen molar-refractivity contribution in [3.8, 4) is 0 Å². The van der Waals surface area contributed by atoms with Crippen molar-refractivity contribution in [1.29, 1.82) is 0 Å². The molecule has 0 heteroatoms. The van der Waals surface area contributed by atoms with Crippen molar-refractivity contribution in [3.63, 3.8) is 0 Å². The average Bonchev–Trinajstić information content (AvgIpc) is 2.41. The van der Waals surface area contributed by atoms with E-state index in [1.807, 2.05) is 13.8 Å². The highest BCUT2D eigenvalue weighted by Gasteiger charge is 1.95. The van der Waals surface area contributed by atoms with E-state index in [4.69, 9.17) is 0 Å². The first kappa shape index (κ1) is 17.8. The molecule has 0 atom stereocenters. The van der Waals surface area contributed by atoms with Crippen molar-refractivity contribution in [2.75, 3.05) is 0 Å². The van der Waals surface area contributed by atoms with Gasteiger partial charge in [-0.1, -0.05) is 69.5 Å². The van der Waals surface area contributed by atoms with Crippen LogP contribution in [0.25, 0.3) is 5.57 Å². The van der Waals surface area contributed by atoms with E-state index in [1.54, 1.807) is 12.2 Å². The lowest BCUT2D eigenvalue weighted by molar-refractivity contribution is 1.40. The summed E-state index contributed by atoms with van der Waals surface area (Å²) in [5.41, 5.74) is 4.06. The van der Waals surface area contributed by atoms with Crippen molar-refractivity contribution in [2.45, 2.75) is 34.6 Å². The summed E-state index contributed by atoms with van der Waals surface area (Å²) in [5.74, 6) is 0. The number of hydrogen-bond donors (Lipinski definition) is 0. The van der Waals surface area contributed by atoms with E-state index in [0.29, 0.717) is 0 Å². The predicted octanol–water partition coefficient (Wildman–Crippen LogP) is 5.80. The summed E-state index contributed by atoms with van der Waals surface area (Å²) in [6.45, 7) is 17.1. The number of aryl methyl sites for hydroxylation is 1. The molecule has 0 aliphatic carbocycles. The third kappa shape index (κ3) is 8.27. The maximum absolute atomic E-state index is 3.36. The summed E-state index contributed by atoms with van der Waals surface area (Å²) < 4.78 is 0. The number of hydrogen-bond acceptors (Lipinski definition) is 0. The molecular formula is C17H26. The number of benzene rings is 1. The lowest BCUT2D eigenvalue weighted by Crippen LogP contribution is -1.83. The molecule has 0 spiro atoms. The van der Waals surface area contributed by atoms with E-state index >= 15 is 0 Å². The monoisotopic (exact) mass is 230 g/mol. The SMILES string of the molecule is C/C=C(\C)c1ccccc1C.C=CC=C.CC. The van der Waals surface area contributed by atoms with Crippen LogP contribution in [0.4, 0.5) is 0 Å². The Hall–Kier alpha value is -1.56. The third-order valence-corrected chi connectivity index (χ3v) is 2.17. The largest absolute Gasteiger partial charge is 0.0991 e. The van der Waals surface area contributed by atoms with E-state index < -0.39 is 0 Å². The van der Waals surface area contributed by atoms with Gasteiger partial charge in [-0.25, -0.2) is 0 Å². The second-order valence-electron chi connectivity index (χ2n) is 3.26. The maximum Gasteiger partial charge on any atom is -0.0201 e. The third-order valence-electron chi connectivity index (χ3n) is 2.17. The molecule has 0 heterocycles. The molecule has 17 heavy (non-hydrogen) atoms. The molecule has 1 aromatic rings. The first-order valence-corrected chi connectivity index (χ1v) is 6.09. The molecule has 1 rings (SSSR count). The van der Waals surface area contributed by atoms with E-state index in [0.717, 1.165) is 0 Å². The summed E-state index contributed by atoms with van der Waals surface area (Å²) in [6.07, 6.45) is 5.42. The molecule has 0 saturated carbocycles. The van der Waals surface area contributed by atoms with E-state index in [9.17, 15) is 0 Å². The summed E-state index contributed by atoms with van der Waals surface area (Å²) in [4.78, 5) is 0. The fraction of sp³-hybridized carbons (Fsp3) is 0.294. The van der Waals surface area contributed by atoms with Crippen molar-refractivity contribution in [3.05, 3.63) is 66.8 Å². The Morgan fingerprint density at radius 2 is 1.53 bits per heavy atom. The quantitative estimate of drug-likeness (QED) is 0.563. The van der Waals surface area contributed by atoms with Gasteiger partial charge < -0.3 is 0 Å². The lowest BCUT2D eigenvalue weighted by Gasteiger charge is -2.03. The van der Waals surface area contributed by atoms with Crippen LogP contribution in [0.2, 0.25) is 0 Å². The molecule has 0 saturated heterocycles. The van der Waals surface area contributed by atoms with Gasteiger partial charge in [0.25, 0.3) is 0 Å². The van der Waals surface area contributed by atoms with Gasteiger partial charge in [0.15, 0.2) is 0 Å². The molecule has 0 aromatic heterocycles. The Morgan fingerprint density at radius 3 is 1.88 bits per heavy atom. The molecule has 0 fully saturated rings. The molecule has 0 radical (unpaired) electrons. The molecule has 94 valence electrons. The number of allylic oxidation sites excluding steroid dienone is 4. The van der Waals surface area contributed by atoms with Gasteiger partial charge in [0.2, 0.25) is 0 Å². The Kier molecular flexibility index (Phi) is 13.1. The lowest BCUT2D eigenvalue weighted by atomic mass is 10.0. The highest BCUT2D eigenvalue weighted by Crippen LogP contribution is 2.16. The van der Waals surface area contributed by atoms with Crippen molar-refractivity contribution >= 4 is 5.57 Å². The Labute approximate surface area is 107 Å². The van der Waals surface area contributed by atoms with Gasteiger partial charge in [-0.15, -0.1) is 0 Å². The molecular weight excluding hydrogens is 204 g/mol. The molecule has 1 aromatic carbocycles.